The highest BCUT2D eigenvalue weighted by Crippen LogP contribution is 2.10. The molecule has 1 aromatic rings. The quantitative estimate of drug-likeness (QED) is 0.784. The van der Waals surface area contributed by atoms with Crippen LogP contribution in [0.3, 0.4) is 0 Å². The molecule has 0 fully saturated rings. The van der Waals surface area contributed by atoms with Crippen molar-refractivity contribution in [2.45, 2.75) is 19.4 Å². The molecule has 72 valence electrons. The topological polar surface area (TPSA) is 45.1 Å². The predicted molar refractivity (Wildman–Crippen MR) is 54.0 cm³/mol. The maximum atomic E-state index is 9.42. The summed E-state index contributed by atoms with van der Waals surface area (Å²) in [6.07, 6.45) is 1.56. The fourth-order valence-electron chi connectivity index (χ4n) is 0.787. The number of rotatable bonds is 3. The summed E-state index contributed by atoms with van der Waals surface area (Å²) in [5.74, 6) is 0.714. The van der Waals surface area contributed by atoms with Crippen LogP contribution in [-0.4, -0.2) is 22.2 Å². The molecule has 0 amide bonds. The number of hydrogen-bond acceptors (Lipinski definition) is 3. The summed E-state index contributed by atoms with van der Waals surface area (Å²) in [4.78, 5) is 4.03. The van der Waals surface area contributed by atoms with Gasteiger partial charge in [0.2, 0.25) is 0 Å². The summed E-state index contributed by atoms with van der Waals surface area (Å²) < 4.78 is 0. The van der Waals surface area contributed by atoms with Crippen LogP contribution in [0.1, 0.15) is 13.8 Å². The molecule has 0 saturated carbocycles. The molecule has 1 aromatic heterocycles. The van der Waals surface area contributed by atoms with E-state index in [9.17, 15) is 5.11 Å². The van der Waals surface area contributed by atoms with Gasteiger partial charge in [-0.05, 0) is 26.0 Å². The summed E-state index contributed by atoms with van der Waals surface area (Å²) >= 11 is 5.66. The molecule has 0 radical (unpaired) electrons. The molecular weight excluding hydrogens is 188 g/mol. The lowest BCUT2D eigenvalue weighted by atomic mass is 10.1. The first-order valence-corrected chi connectivity index (χ1v) is 4.43. The lowest BCUT2D eigenvalue weighted by Gasteiger charge is -2.17. The minimum atomic E-state index is -0.735. The number of nitrogens with zero attached hydrogens (tertiary/aromatic N) is 1. The van der Waals surface area contributed by atoms with Crippen molar-refractivity contribution in [2.24, 2.45) is 0 Å². The number of aromatic nitrogens is 1. The van der Waals surface area contributed by atoms with Gasteiger partial charge < -0.3 is 10.4 Å². The first-order valence-electron chi connectivity index (χ1n) is 4.05. The fourth-order valence-corrected chi connectivity index (χ4v) is 0.899. The van der Waals surface area contributed by atoms with E-state index in [-0.39, 0.29) is 0 Å². The summed E-state index contributed by atoms with van der Waals surface area (Å²) in [6, 6.07) is 3.52. The van der Waals surface area contributed by atoms with E-state index in [4.69, 9.17) is 11.6 Å². The monoisotopic (exact) mass is 200 g/mol. The molecule has 0 aliphatic carbocycles. The zero-order chi connectivity index (χ0) is 9.90. The van der Waals surface area contributed by atoms with Crippen molar-refractivity contribution in [3.05, 3.63) is 23.4 Å². The zero-order valence-corrected chi connectivity index (χ0v) is 8.47. The number of halogens is 1. The van der Waals surface area contributed by atoms with Crippen molar-refractivity contribution >= 4 is 17.4 Å². The molecule has 4 heteroatoms. The van der Waals surface area contributed by atoms with Crippen LogP contribution >= 0.6 is 11.6 Å². The minimum absolute atomic E-state index is 0.460. The molecule has 1 heterocycles. The average Bonchev–Trinajstić information content (AvgIpc) is 2.02. The van der Waals surface area contributed by atoms with E-state index in [1.807, 2.05) is 0 Å². The highest BCUT2D eigenvalue weighted by Gasteiger charge is 2.11. The number of nitrogens with one attached hydrogen (secondary N) is 1. The van der Waals surface area contributed by atoms with Gasteiger partial charge in [-0.1, -0.05) is 11.6 Å². The molecule has 0 saturated heterocycles. The largest absolute Gasteiger partial charge is 0.389 e. The number of anilines is 1. The molecule has 0 bridgehead atoms. The molecule has 0 aromatic carbocycles. The zero-order valence-electron chi connectivity index (χ0n) is 7.71. The fraction of sp³-hybridized carbons (Fsp3) is 0.444. The third-order valence-corrected chi connectivity index (χ3v) is 1.65. The highest BCUT2D eigenvalue weighted by molar-refractivity contribution is 6.30. The van der Waals surface area contributed by atoms with Gasteiger partial charge in [-0.3, -0.25) is 0 Å². The maximum absolute atomic E-state index is 9.42. The third-order valence-electron chi connectivity index (χ3n) is 1.43. The van der Waals surface area contributed by atoms with Crippen molar-refractivity contribution in [3.63, 3.8) is 0 Å². The van der Waals surface area contributed by atoms with Gasteiger partial charge in [0, 0.05) is 12.7 Å². The number of hydrogen-bond donors (Lipinski definition) is 2. The molecule has 0 unspecified atom stereocenters. The van der Waals surface area contributed by atoms with E-state index in [1.165, 1.54) is 0 Å². The Morgan fingerprint density at radius 3 is 2.69 bits per heavy atom. The van der Waals surface area contributed by atoms with Gasteiger partial charge in [-0.15, -0.1) is 0 Å². The molecule has 13 heavy (non-hydrogen) atoms. The molecule has 3 nitrogen and oxygen atoms in total. The van der Waals surface area contributed by atoms with Gasteiger partial charge in [-0.25, -0.2) is 4.98 Å². The SMILES string of the molecule is CC(C)(O)CNc1ccc(Cl)cn1. The average molecular weight is 201 g/mol. The van der Waals surface area contributed by atoms with E-state index in [0.29, 0.717) is 17.4 Å². The van der Waals surface area contributed by atoms with Crippen molar-refractivity contribution in [3.8, 4) is 0 Å². The van der Waals surface area contributed by atoms with Crippen molar-refractivity contribution in [2.75, 3.05) is 11.9 Å². The molecule has 0 atom stereocenters. The van der Waals surface area contributed by atoms with Gasteiger partial charge in [0.1, 0.15) is 5.82 Å². The molecular formula is C9H13ClN2O. The van der Waals surface area contributed by atoms with Gasteiger partial charge in [0.05, 0.1) is 10.6 Å². The van der Waals surface area contributed by atoms with Crippen molar-refractivity contribution in [1.29, 1.82) is 0 Å². The smallest absolute Gasteiger partial charge is 0.126 e. The van der Waals surface area contributed by atoms with Gasteiger partial charge in [0.25, 0.3) is 0 Å². The van der Waals surface area contributed by atoms with E-state index < -0.39 is 5.60 Å². The normalized spacial score (nSPS) is 11.4. The van der Waals surface area contributed by atoms with Gasteiger partial charge in [-0.2, -0.15) is 0 Å². The Morgan fingerprint density at radius 2 is 2.23 bits per heavy atom. The van der Waals surface area contributed by atoms with Crippen LogP contribution < -0.4 is 5.32 Å². The summed E-state index contributed by atoms with van der Waals surface area (Å²) in [5, 5.41) is 13.0. The van der Waals surface area contributed by atoms with E-state index in [0.717, 1.165) is 0 Å². The van der Waals surface area contributed by atoms with Gasteiger partial charge in [0.15, 0.2) is 0 Å². The Bertz CT molecular complexity index is 266. The Morgan fingerprint density at radius 1 is 1.54 bits per heavy atom. The Hall–Kier alpha value is -0.800. The Kier molecular flexibility index (Phi) is 3.12. The van der Waals surface area contributed by atoms with Crippen LogP contribution in [0, 0.1) is 0 Å². The molecule has 0 aliphatic heterocycles. The molecule has 1 rings (SSSR count). The lowest BCUT2D eigenvalue weighted by Crippen LogP contribution is -2.29. The van der Waals surface area contributed by atoms with Crippen LogP contribution in [0.2, 0.25) is 5.02 Å². The van der Waals surface area contributed by atoms with Crippen molar-refractivity contribution in [1.82, 2.24) is 4.98 Å². The third kappa shape index (κ3) is 4.10. The highest BCUT2D eigenvalue weighted by atomic mass is 35.5. The van der Waals surface area contributed by atoms with Crippen LogP contribution in [0.5, 0.6) is 0 Å². The summed E-state index contributed by atoms with van der Waals surface area (Å²) in [5.41, 5.74) is -0.735. The minimum Gasteiger partial charge on any atom is -0.389 e. The second-order valence-corrected chi connectivity index (χ2v) is 3.96. The van der Waals surface area contributed by atoms with Crippen LogP contribution in [0.25, 0.3) is 0 Å². The van der Waals surface area contributed by atoms with Gasteiger partial charge >= 0.3 is 0 Å². The predicted octanol–water partition coefficient (Wildman–Crippen LogP) is 1.92. The molecule has 2 N–H and O–H groups in total. The first-order chi connectivity index (χ1) is 5.97. The molecule has 0 aliphatic rings. The maximum Gasteiger partial charge on any atom is 0.126 e. The standard InChI is InChI=1S/C9H13ClN2O/c1-9(2,13)6-12-8-4-3-7(10)5-11-8/h3-5,13H,6H2,1-2H3,(H,11,12). The van der Waals surface area contributed by atoms with Crippen molar-refractivity contribution < 1.29 is 5.11 Å². The van der Waals surface area contributed by atoms with E-state index >= 15 is 0 Å². The van der Waals surface area contributed by atoms with E-state index in [1.54, 1.807) is 32.2 Å². The summed E-state index contributed by atoms with van der Waals surface area (Å²) in [6.45, 7) is 3.92. The second kappa shape index (κ2) is 3.94. The number of pyridine rings is 1. The molecule has 0 spiro atoms. The van der Waals surface area contributed by atoms with Crippen LogP contribution in [0.4, 0.5) is 5.82 Å². The first kappa shape index (κ1) is 10.3. The lowest BCUT2D eigenvalue weighted by molar-refractivity contribution is 0.0944. The van der Waals surface area contributed by atoms with Crippen LogP contribution in [-0.2, 0) is 0 Å². The van der Waals surface area contributed by atoms with E-state index in [2.05, 4.69) is 10.3 Å². The Balaban J connectivity index is 2.51. The second-order valence-electron chi connectivity index (χ2n) is 3.53. The Labute approximate surface area is 82.8 Å². The van der Waals surface area contributed by atoms with Crippen LogP contribution in [0.15, 0.2) is 18.3 Å². The summed E-state index contributed by atoms with van der Waals surface area (Å²) in [7, 11) is 0. The number of aliphatic hydroxyl groups is 1.